The summed E-state index contributed by atoms with van der Waals surface area (Å²) in [7, 11) is 0. The maximum absolute atomic E-state index is 12.3. The molecule has 1 aromatic carbocycles. The zero-order valence-electron chi connectivity index (χ0n) is 12.2. The molecule has 0 aliphatic rings. The number of benzene rings is 1. The minimum Gasteiger partial charge on any atom is -0.464 e. The number of Topliss-reactive ketones (excluding diaryl/α,β-unsaturated/α-hetero) is 1. The molecule has 1 atom stereocenters. The summed E-state index contributed by atoms with van der Waals surface area (Å²) in [5.41, 5.74) is 1.37. The van der Waals surface area contributed by atoms with Gasteiger partial charge in [0.1, 0.15) is 0 Å². The predicted octanol–water partition coefficient (Wildman–Crippen LogP) is 2.57. The summed E-state index contributed by atoms with van der Waals surface area (Å²) in [6.45, 7) is 3.84. The normalized spacial score (nSPS) is 11.9. The molecule has 0 spiro atoms. The third kappa shape index (κ3) is 3.78. The zero-order chi connectivity index (χ0) is 15.2. The van der Waals surface area contributed by atoms with Crippen molar-refractivity contribution < 1.29 is 14.3 Å². The van der Waals surface area contributed by atoms with Gasteiger partial charge in [0.2, 0.25) is 0 Å². The van der Waals surface area contributed by atoms with Gasteiger partial charge < -0.3 is 4.74 Å². The van der Waals surface area contributed by atoms with Gasteiger partial charge in [0.15, 0.2) is 11.8 Å². The van der Waals surface area contributed by atoms with Gasteiger partial charge in [-0.15, -0.1) is 0 Å². The Bertz CT molecular complexity index is 619. The Morgan fingerprint density at radius 2 is 1.95 bits per heavy atom. The first-order valence-corrected chi connectivity index (χ1v) is 6.88. The standard InChI is InChI=1S/C16H18N2O3/c1-3-21-16(20)14(18-10-9-12(2)17-18)11-15(19)13-7-5-4-6-8-13/h4-10,14H,3,11H2,1-2H3. The molecule has 2 rings (SSSR count). The number of ketones is 1. The zero-order valence-corrected chi connectivity index (χ0v) is 12.2. The number of ether oxygens (including phenoxy) is 1. The quantitative estimate of drug-likeness (QED) is 0.605. The number of rotatable bonds is 6. The van der Waals surface area contributed by atoms with Crippen LogP contribution in [0.2, 0.25) is 0 Å². The van der Waals surface area contributed by atoms with Crippen LogP contribution in [-0.2, 0) is 9.53 Å². The van der Waals surface area contributed by atoms with Gasteiger partial charge in [0, 0.05) is 18.2 Å². The number of aryl methyl sites for hydroxylation is 1. The highest BCUT2D eigenvalue weighted by Crippen LogP contribution is 2.17. The fraction of sp³-hybridized carbons (Fsp3) is 0.312. The van der Waals surface area contributed by atoms with Crippen molar-refractivity contribution >= 4 is 11.8 Å². The Hall–Kier alpha value is -2.43. The summed E-state index contributed by atoms with van der Waals surface area (Å²) in [4.78, 5) is 24.4. The Balaban J connectivity index is 2.20. The van der Waals surface area contributed by atoms with E-state index >= 15 is 0 Å². The van der Waals surface area contributed by atoms with Gasteiger partial charge in [-0.2, -0.15) is 5.10 Å². The summed E-state index contributed by atoms with van der Waals surface area (Å²) in [6, 6.07) is 9.97. The molecule has 0 radical (unpaired) electrons. The topological polar surface area (TPSA) is 61.2 Å². The van der Waals surface area contributed by atoms with Gasteiger partial charge in [-0.25, -0.2) is 4.79 Å². The maximum Gasteiger partial charge on any atom is 0.331 e. The molecule has 0 aliphatic carbocycles. The monoisotopic (exact) mass is 286 g/mol. The molecule has 1 heterocycles. The number of carbonyl (C=O) groups excluding carboxylic acids is 2. The molecular weight excluding hydrogens is 268 g/mol. The van der Waals surface area contributed by atoms with E-state index in [1.165, 1.54) is 4.68 Å². The van der Waals surface area contributed by atoms with E-state index in [4.69, 9.17) is 4.74 Å². The first kappa shape index (κ1) is 15.0. The second-order valence-corrected chi connectivity index (χ2v) is 4.70. The first-order chi connectivity index (χ1) is 10.1. The number of hydrogen-bond donors (Lipinski definition) is 0. The Labute approximate surface area is 123 Å². The molecule has 2 aromatic rings. The number of carbonyl (C=O) groups is 2. The number of hydrogen-bond acceptors (Lipinski definition) is 4. The van der Waals surface area contributed by atoms with Crippen LogP contribution in [-0.4, -0.2) is 28.1 Å². The van der Waals surface area contributed by atoms with Crippen LogP contribution in [0.25, 0.3) is 0 Å². The number of esters is 1. The van der Waals surface area contributed by atoms with Crippen molar-refractivity contribution in [2.45, 2.75) is 26.3 Å². The summed E-state index contributed by atoms with van der Waals surface area (Å²) in [5, 5.41) is 4.22. The summed E-state index contributed by atoms with van der Waals surface area (Å²) >= 11 is 0. The lowest BCUT2D eigenvalue weighted by molar-refractivity contribution is -0.147. The minimum absolute atomic E-state index is 0.0317. The molecule has 1 aromatic heterocycles. The number of aromatic nitrogens is 2. The van der Waals surface area contributed by atoms with Crippen molar-refractivity contribution in [3.05, 3.63) is 53.9 Å². The van der Waals surface area contributed by atoms with Crippen molar-refractivity contribution in [3.8, 4) is 0 Å². The largest absolute Gasteiger partial charge is 0.464 e. The van der Waals surface area contributed by atoms with Crippen LogP contribution in [0.15, 0.2) is 42.6 Å². The van der Waals surface area contributed by atoms with Crippen molar-refractivity contribution in [1.82, 2.24) is 9.78 Å². The fourth-order valence-electron chi connectivity index (χ4n) is 2.05. The molecule has 0 fully saturated rings. The maximum atomic E-state index is 12.3. The van der Waals surface area contributed by atoms with Gasteiger partial charge in [0.05, 0.1) is 12.3 Å². The van der Waals surface area contributed by atoms with Crippen molar-refractivity contribution in [1.29, 1.82) is 0 Å². The van der Waals surface area contributed by atoms with E-state index in [2.05, 4.69) is 5.10 Å². The van der Waals surface area contributed by atoms with Crippen LogP contribution >= 0.6 is 0 Å². The molecule has 1 unspecified atom stereocenters. The molecule has 0 saturated carbocycles. The molecule has 0 bridgehead atoms. The van der Waals surface area contributed by atoms with E-state index in [0.717, 1.165) is 5.69 Å². The Morgan fingerprint density at radius 3 is 2.52 bits per heavy atom. The fourth-order valence-corrected chi connectivity index (χ4v) is 2.05. The molecule has 5 nitrogen and oxygen atoms in total. The lowest BCUT2D eigenvalue weighted by atomic mass is 10.0. The molecular formula is C16H18N2O3. The van der Waals surface area contributed by atoms with E-state index < -0.39 is 12.0 Å². The van der Waals surface area contributed by atoms with Gasteiger partial charge in [-0.3, -0.25) is 9.48 Å². The average Bonchev–Trinajstić information content (AvgIpc) is 2.92. The second kappa shape index (κ2) is 6.83. The predicted molar refractivity (Wildman–Crippen MR) is 78.0 cm³/mol. The second-order valence-electron chi connectivity index (χ2n) is 4.70. The van der Waals surface area contributed by atoms with Crippen LogP contribution in [0, 0.1) is 6.92 Å². The first-order valence-electron chi connectivity index (χ1n) is 6.88. The van der Waals surface area contributed by atoms with Gasteiger partial charge >= 0.3 is 5.97 Å². The average molecular weight is 286 g/mol. The molecule has 0 saturated heterocycles. The Kier molecular flexibility index (Phi) is 4.87. The van der Waals surface area contributed by atoms with Gasteiger partial charge in [0.25, 0.3) is 0 Å². The summed E-state index contributed by atoms with van der Waals surface area (Å²) < 4.78 is 6.55. The molecule has 0 aliphatic heterocycles. The molecule has 110 valence electrons. The highest BCUT2D eigenvalue weighted by Gasteiger charge is 2.26. The van der Waals surface area contributed by atoms with E-state index in [9.17, 15) is 9.59 Å². The molecule has 0 N–H and O–H groups in total. The van der Waals surface area contributed by atoms with Crippen LogP contribution in [0.3, 0.4) is 0 Å². The van der Waals surface area contributed by atoms with Crippen LogP contribution < -0.4 is 0 Å². The SMILES string of the molecule is CCOC(=O)C(CC(=O)c1ccccc1)n1ccc(C)n1. The van der Waals surface area contributed by atoms with Gasteiger partial charge in [-0.1, -0.05) is 30.3 Å². The third-order valence-corrected chi connectivity index (χ3v) is 3.09. The minimum atomic E-state index is -0.730. The van der Waals surface area contributed by atoms with Crippen LogP contribution in [0.1, 0.15) is 35.4 Å². The van der Waals surface area contributed by atoms with E-state index in [0.29, 0.717) is 5.56 Å². The lowest BCUT2D eigenvalue weighted by Crippen LogP contribution is -2.25. The van der Waals surface area contributed by atoms with Crippen LogP contribution in [0.4, 0.5) is 0 Å². The van der Waals surface area contributed by atoms with Crippen LogP contribution in [0.5, 0.6) is 0 Å². The van der Waals surface area contributed by atoms with Crippen molar-refractivity contribution in [3.63, 3.8) is 0 Å². The molecule has 0 amide bonds. The van der Waals surface area contributed by atoms with E-state index in [1.807, 2.05) is 13.0 Å². The number of nitrogens with zero attached hydrogens (tertiary/aromatic N) is 2. The van der Waals surface area contributed by atoms with Crippen molar-refractivity contribution in [2.75, 3.05) is 6.61 Å². The molecule has 21 heavy (non-hydrogen) atoms. The molecule has 5 heteroatoms. The summed E-state index contributed by atoms with van der Waals surface area (Å²) in [5.74, 6) is -0.549. The van der Waals surface area contributed by atoms with E-state index in [1.54, 1.807) is 43.5 Å². The van der Waals surface area contributed by atoms with Crippen molar-refractivity contribution in [2.24, 2.45) is 0 Å². The van der Waals surface area contributed by atoms with E-state index in [-0.39, 0.29) is 18.8 Å². The summed E-state index contributed by atoms with van der Waals surface area (Å²) in [6.07, 6.45) is 1.72. The smallest absolute Gasteiger partial charge is 0.331 e. The Morgan fingerprint density at radius 1 is 1.24 bits per heavy atom. The highest BCUT2D eigenvalue weighted by molar-refractivity contribution is 5.98. The lowest BCUT2D eigenvalue weighted by Gasteiger charge is -2.15. The third-order valence-electron chi connectivity index (χ3n) is 3.09. The highest BCUT2D eigenvalue weighted by atomic mass is 16.5. The van der Waals surface area contributed by atoms with Gasteiger partial charge in [-0.05, 0) is 19.9 Å².